The molecule has 0 saturated carbocycles. The predicted molar refractivity (Wildman–Crippen MR) is 72.7 cm³/mol. The highest BCUT2D eigenvalue weighted by molar-refractivity contribution is 5.95. The fraction of sp³-hybridized carbons (Fsp3) is 0.733. The van der Waals surface area contributed by atoms with Crippen LogP contribution < -0.4 is 0 Å². The van der Waals surface area contributed by atoms with Gasteiger partial charge in [0.05, 0.1) is 12.0 Å². The highest BCUT2D eigenvalue weighted by Gasteiger charge is 2.42. The van der Waals surface area contributed by atoms with E-state index in [2.05, 4.69) is 0 Å². The Labute approximate surface area is 115 Å². The lowest BCUT2D eigenvalue weighted by Gasteiger charge is -2.38. The van der Waals surface area contributed by atoms with Crippen molar-refractivity contribution < 1.29 is 19.1 Å². The van der Waals surface area contributed by atoms with Gasteiger partial charge in [-0.25, -0.2) is 0 Å². The lowest BCUT2D eigenvalue weighted by atomic mass is 9.83. The molecule has 1 rings (SSSR count). The third-order valence-corrected chi connectivity index (χ3v) is 4.06. The minimum absolute atomic E-state index is 0.0200. The maximum absolute atomic E-state index is 12.1. The van der Waals surface area contributed by atoms with E-state index >= 15 is 0 Å². The number of cyclic esters (lactones) is 1. The van der Waals surface area contributed by atoms with Crippen LogP contribution in [0.2, 0.25) is 0 Å². The minimum atomic E-state index is -0.393. The highest BCUT2D eigenvalue weighted by atomic mass is 16.6. The maximum Gasteiger partial charge on any atom is 0.311 e. The van der Waals surface area contributed by atoms with E-state index in [4.69, 9.17) is 9.47 Å². The average Bonchev–Trinajstić information content (AvgIpc) is 2.35. The predicted octanol–water partition coefficient (Wildman–Crippen LogP) is 2.51. The van der Waals surface area contributed by atoms with E-state index in [1.54, 1.807) is 14.0 Å². The van der Waals surface area contributed by atoms with Crippen molar-refractivity contribution in [1.82, 2.24) is 0 Å². The second kappa shape index (κ2) is 6.33. The molecule has 0 spiro atoms. The summed E-state index contributed by atoms with van der Waals surface area (Å²) in [6, 6.07) is 0. The highest BCUT2D eigenvalue weighted by Crippen LogP contribution is 2.30. The van der Waals surface area contributed by atoms with Crippen molar-refractivity contribution >= 4 is 11.8 Å². The first-order chi connectivity index (χ1) is 8.79. The van der Waals surface area contributed by atoms with Crippen molar-refractivity contribution in [2.45, 2.75) is 53.2 Å². The van der Waals surface area contributed by atoms with Gasteiger partial charge < -0.3 is 9.47 Å². The number of esters is 1. The Kier molecular flexibility index (Phi) is 5.29. The first-order valence-electron chi connectivity index (χ1n) is 6.70. The van der Waals surface area contributed by atoms with Crippen LogP contribution in [0.1, 0.15) is 41.0 Å². The van der Waals surface area contributed by atoms with Crippen LogP contribution in [0.15, 0.2) is 11.1 Å². The van der Waals surface area contributed by atoms with Crippen molar-refractivity contribution in [3.8, 4) is 0 Å². The molecular weight excluding hydrogens is 244 g/mol. The molecule has 19 heavy (non-hydrogen) atoms. The van der Waals surface area contributed by atoms with Crippen molar-refractivity contribution in [3.63, 3.8) is 0 Å². The number of ether oxygens (including phenoxy) is 2. The molecule has 1 heterocycles. The lowest BCUT2D eigenvalue weighted by Crippen LogP contribution is -2.48. The summed E-state index contributed by atoms with van der Waals surface area (Å²) in [4.78, 5) is 23.9. The molecule has 0 aromatic carbocycles. The van der Waals surface area contributed by atoms with Crippen LogP contribution in [0.25, 0.3) is 0 Å². The molecule has 0 radical (unpaired) electrons. The van der Waals surface area contributed by atoms with Crippen molar-refractivity contribution in [1.29, 1.82) is 0 Å². The third kappa shape index (κ3) is 3.44. The molecule has 4 atom stereocenters. The summed E-state index contributed by atoms with van der Waals surface area (Å²) in [6.07, 6.45) is -0.349. The Morgan fingerprint density at radius 2 is 1.84 bits per heavy atom. The molecule has 0 amide bonds. The maximum atomic E-state index is 12.1. The molecule has 0 aliphatic carbocycles. The summed E-state index contributed by atoms with van der Waals surface area (Å²) in [5.41, 5.74) is 1.74. The molecule has 108 valence electrons. The molecule has 4 heteroatoms. The van der Waals surface area contributed by atoms with Crippen LogP contribution in [0.5, 0.6) is 0 Å². The SMILES string of the molecule is COC1C(C)C(=O)OC(CC(=O)C(C)=C(C)C)C1C. The quantitative estimate of drug-likeness (QED) is 0.580. The molecule has 1 aliphatic rings. The van der Waals surface area contributed by atoms with Gasteiger partial charge in [-0.05, 0) is 33.3 Å². The molecule has 4 unspecified atom stereocenters. The first kappa shape index (κ1) is 15.9. The average molecular weight is 268 g/mol. The molecule has 1 saturated heterocycles. The van der Waals surface area contributed by atoms with Crippen LogP contribution in [-0.2, 0) is 19.1 Å². The summed E-state index contributed by atoms with van der Waals surface area (Å²) >= 11 is 0. The normalized spacial score (nSPS) is 30.7. The van der Waals surface area contributed by atoms with E-state index in [0.29, 0.717) is 0 Å². The van der Waals surface area contributed by atoms with Gasteiger partial charge in [0.25, 0.3) is 0 Å². The Morgan fingerprint density at radius 1 is 1.26 bits per heavy atom. The molecule has 0 N–H and O–H groups in total. The van der Waals surface area contributed by atoms with Gasteiger partial charge in [0.15, 0.2) is 5.78 Å². The van der Waals surface area contributed by atoms with E-state index in [1.165, 1.54) is 0 Å². The van der Waals surface area contributed by atoms with Gasteiger partial charge in [0.2, 0.25) is 0 Å². The summed E-state index contributed by atoms with van der Waals surface area (Å²) in [5.74, 6) is -0.505. The van der Waals surface area contributed by atoms with Gasteiger partial charge in [-0.2, -0.15) is 0 Å². The van der Waals surface area contributed by atoms with E-state index in [-0.39, 0.29) is 36.1 Å². The number of hydrogen-bond acceptors (Lipinski definition) is 4. The topological polar surface area (TPSA) is 52.6 Å². The van der Waals surface area contributed by atoms with Gasteiger partial charge in [0, 0.05) is 19.4 Å². The van der Waals surface area contributed by atoms with Gasteiger partial charge >= 0.3 is 5.97 Å². The molecule has 0 bridgehead atoms. The number of allylic oxidation sites excluding steroid dienone is 2. The van der Waals surface area contributed by atoms with Crippen molar-refractivity contribution in [2.75, 3.05) is 7.11 Å². The zero-order valence-corrected chi connectivity index (χ0v) is 12.6. The monoisotopic (exact) mass is 268 g/mol. The van der Waals surface area contributed by atoms with E-state index < -0.39 is 6.10 Å². The number of ketones is 1. The van der Waals surface area contributed by atoms with Gasteiger partial charge in [-0.1, -0.05) is 12.5 Å². The van der Waals surface area contributed by atoms with Crippen LogP contribution in [0.4, 0.5) is 0 Å². The van der Waals surface area contributed by atoms with Crippen LogP contribution >= 0.6 is 0 Å². The zero-order chi connectivity index (χ0) is 14.7. The Hall–Kier alpha value is -1.16. The van der Waals surface area contributed by atoms with Gasteiger partial charge in [0.1, 0.15) is 6.10 Å². The van der Waals surface area contributed by atoms with Gasteiger partial charge in [-0.15, -0.1) is 0 Å². The molecule has 4 nitrogen and oxygen atoms in total. The fourth-order valence-electron chi connectivity index (χ4n) is 2.43. The molecule has 0 aromatic heterocycles. The number of carbonyl (C=O) groups excluding carboxylic acids is 2. The Morgan fingerprint density at radius 3 is 2.32 bits per heavy atom. The summed E-state index contributed by atoms with van der Waals surface area (Å²) in [6.45, 7) is 9.38. The Bertz CT molecular complexity index is 393. The van der Waals surface area contributed by atoms with Crippen LogP contribution in [0, 0.1) is 11.8 Å². The fourth-order valence-corrected chi connectivity index (χ4v) is 2.43. The number of carbonyl (C=O) groups is 2. The van der Waals surface area contributed by atoms with Crippen LogP contribution in [0.3, 0.4) is 0 Å². The smallest absolute Gasteiger partial charge is 0.311 e. The number of hydrogen-bond donors (Lipinski definition) is 0. The largest absolute Gasteiger partial charge is 0.461 e. The van der Waals surface area contributed by atoms with Crippen molar-refractivity contribution in [3.05, 3.63) is 11.1 Å². The molecule has 0 aromatic rings. The van der Waals surface area contributed by atoms with E-state index in [9.17, 15) is 9.59 Å². The number of Topliss-reactive ketones (excluding diaryl/α,β-unsaturated/α-hetero) is 1. The second-order valence-corrected chi connectivity index (χ2v) is 5.58. The zero-order valence-electron chi connectivity index (χ0n) is 12.6. The summed E-state index contributed by atoms with van der Waals surface area (Å²) in [5, 5.41) is 0. The van der Waals surface area contributed by atoms with Crippen molar-refractivity contribution in [2.24, 2.45) is 11.8 Å². The Balaban J connectivity index is 2.81. The lowest BCUT2D eigenvalue weighted by molar-refractivity contribution is -0.180. The standard InChI is InChI=1S/C15H24O4/c1-8(2)9(3)12(16)7-13-10(4)14(18-6)11(5)15(17)19-13/h10-11,13-14H,7H2,1-6H3. The second-order valence-electron chi connectivity index (χ2n) is 5.58. The number of rotatable bonds is 4. The third-order valence-electron chi connectivity index (χ3n) is 4.06. The summed E-state index contributed by atoms with van der Waals surface area (Å²) < 4.78 is 10.8. The molecular formula is C15H24O4. The van der Waals surface area contributed by atoms with Crippen LogP contribution in [-0.4, -0.2) is 31.1 Å². The minimum Gasteiger partial charge on any atom is -0.461 e. The van der Waals surface area contributed by atoms with Gasteiger partial charge in [-0.3, -0.25) is 9.59 Å². The van der Waals surface area contributed by atoms with E-state index in [0.717, 1.165) is 11.1 Å². The first-order valence-corrected chi connectivity index (χ1v) is 6.70. The summed E-state index contributed by atoms with van der Waals surface area (Å²) in [7, 11) is 1.59. The molecule has 1 aliphatic heterocycles. The molecule has 1 fully saturated rings. The van der Waals surface area contributed by atoms with E-state index in [1.807, 2.05) is 27.7 Å². The number of methoxy groups -OCH3 is 1.